The van der Waals surface area contributed by atoms with Gasteiger partial charge in [-0.3, -0.25) is 0 Å². The maximum Gasteiger partial charge on any atom is 0.353 e. The number of hydrogen-bond donors (Lipinski definition) is 1. The van der Waals surface area contributed by atoms with Crippen molar-refractivity contribution in [2.24, 2.45) is 5.92 Å². The number of carboxylic acid groups (broad SMARTS) is 1. The molecule has 0 atom stereocenters. The molecule has 1 fully saturated rings. The average Bonchev–Trinajstić information content (AvgIpc) is 3.63. The number of hydrogen-bond acceptors (Lipinski definition) is 3. The van der Waals surface area contributed by atoms with Gasteiger partial charge >= 0.3 is 5.97 Å². The average molecular weight is 484 g/mol. The Bertz CT molecular complexity index is 1410. The third-order valence-electron chi connectivity index (χ3n) is 6.94. The minimum absolute atomic E-state index is 0.00700. The van der Waals surface area contributed by atoms with E-state index >= 15 is 0 Å². The van der Waals surface area contributed by atoms with Crippen LogP contribution in [-0.4, -0.2) is 29.4 Å². The van der Waals surface area contributed by atoms with Gasteiger partial charge in [0.1, 0.15) is 17.2 Å². The summed E-state index contributed by atoms with van der Waals surface area (Å²) in [6.45, 7) is 7.59. The van der Waals surface area contributed by atoms with Gasteiger partial charge < -0.3 is 19.1 Å². The molecule has 5 heteroatoms. The molecule has 3 aromatic carbocycles. The maximum atomic E-state index is 12.8. The number of carbonyl (C=O) groups is 1. The molecule has 1 heterocycles. The third-order valence-corrected chi connectivity index (χ3v) is 6.94. The van der Waals surface area contributed by atoms with Gasteiger partial charge in [-0.05, 0) is 65.1 Å². The molecule has 5 nitrogen and oxygen atoms in total. The lowest BCUT2D eigenvalue weighted by Gasteiger charge is -2.19. The molecule has 1 N–H and O–H groups in total. The Labute approximate surface area is 212 Å². The van der Waals surface area contributed by atoms with Crippen LogP contribution in [0.3, 0.4) is 0 Å². The van der Waals surface area contributed by atoms with Gasteiger partial charge in [0.15, 0.2) is 0 Å². The van der Waals surface area contributed by atoms with E-state index in [1.165, 1.54) is 18.4 Å². The van der Waals surface area contributed by atoms with Crippen molar-refractivity contribution < 1.29 is 19.4 Å². The minimum Gasteiger partial charge on any atom is -0.497 e. The molecule has 0 spiro atoms. The minimum atomic E-state index is -0.961. The molecule has 1 aliphatic rings. The molecule has 0 amide bonds. The van der Waals surface area contributed by atoms with Crippen molar-refractivity contribution in [3.63, 3.8) is 0 Å². The van der Waals surface area contributed by atoms with Crippen molar-refractivity contribution in [3.05, 3.63) is 83.6 Å². The molecule has 186 valence electrons. The van der Waals surface area contributed by atoms with Crippen molar-refractivity contribution in [2.45, 2.75) is 45.6 Å². The summed E-state index contributed by atoms with van der Waals surface area (Å²) in [6.07, 6.45) is 2.38. The Morgan fingerprint density at radius 1 is 1.03 bits per heavy atom. The monoisotopic (exact) mass is 483 g/mol. The van der Waals surface area contributed by atoms with Crippen LogP contribution in [-0.2, 0) is 12.0 Å². The lowest BCUT2D eigenvalue weighted by molar-refractivity contribution is 0.0687. The smallest absolute Gasteiger partial charge is 0.353 e. The Morgan fingerprint density at radius 3 is 2.39 bits per heavy atom. The SMILES string of the molecule is COc1cccc(Cn2c(C(=O)O)c(-c3ccc(C(C)(C)C)cc3)c3c(OCC4CC4)cccc32)c1. The highest BCUT2D eigenvalue weighted by Crippen LogP contribution is 2.42. The van der Waals surface area contributed by atoms with E-state index in [9.17, 15) is 9.90 Å². The van der Waals surface area contributed by atoms with Crippen molar-refractivity contribution in [1.82, 2.24) is 4.57 Å². The second kappa shape index (κ2) is 9.38. The van der Waals surface area contributed by atoms with Gasteiger partial charge in [0.2, 0.25) is 0 Å². The van der Waals surface area contributed by atoms with E-state index in [0.29, 0.717) is 24.6 Å². The molecule has 1 aliphatic carbocycles. The van der Waals surface area contributed by atoms with Gasteiger partial charge in [-0.15, -0.1) is 0 Å². The molecule has 4 aromatic rings. The van der Waals surface area contributed by atoms with E-state index in [1.54, 1.807) is 7.11 Å². The van der Waals surface area contributed by atoms with Crippen LogP contribution in [0.15, 0.2) is 66.7 Å². The standard InChI is InChI=1S/C31H33NO4/c1-31(2,3)23-15-13-22(14-16-23)27-28-25(9-6-10-26(28)36-19-20-11-12-20)32(29(27)30(33)34)18-21-7-5-8-24(17-21)35-4/h5-10,13-17,20H,11-12,18-19H2,1-4H3,(H,33,34). The fourth-order valence-electron chi connectivity index (χ4n) is 4.74. The van der Waals surface area contributed by atoms with Gasteiger partial charge in [-0.25, -0.2) is 4.79 Å². The molecule has 0 radical (unpaired) electrons. The van der Waals surface area contributed by atoms with Gasteiger partial charge in [0.05, 0.1) is 24.6 Å². The summed E-state index contributed by atoms with van der Waals surface area (Å²) in [5.74, 6) is 1.11. The zero-order chi connectivity index (χ0) is 25.4. The van der Waals surface area contributed by atoms with Crippen molar-refractivity contribution in [3.8, 4) is 22.6 Å². The summed E-state index contributed by atoms with van der Waals surface area (Å²) < 4.78 is 13.6. The Hall–Kier alpha value is -3.73. The summed E-state index contributed by atoms with van der Waals surface area (Å²) in [5, 5.41) is 11.4. The first-order valence-electron chi connectivity index (χ1n) is 12.5. The Morgan fingerprint density at radius 2 is 1.75 bits per heavy atom. The van der Waals surface area contributed by atoms with E-state index in [-0.39, 0.29) is 11.1 Å². The molecule has 0 saturated heterocycles. The normalized spacial score (nSPS) is 13.7. The van der Waals surface area contributed by atoms with Gasteiger partial charge in [0, 0.05) is 12.1 Å². The van der Waals surface area contributed by atoms with E-state index in [0.717, 1.165) is 33.5 Å². The summed E-state index contributed by atoms with van der Waals surface area (Å²) in [7, 11) is 1.63. The second-order valence-electron chi connectivity index (χ2n) is 10.7. The Kier molecular flexibility index (Phi) is 6.25. The van der Waals surface area contributed by atoms with Crippen molar-refractivity contribution >= 4 is 16.9 Å². The molecule has 0 bridgehead atoms. The number of nitrogens with zero attached hydrogens (tertiary/aromatic N) is 1. The summed E-state index contributed by atoms with van der Waals surface area (Å²) >= 11 is 0. The zero-order valence-corrected chi connectivity index (χ0v) is 21.4. The number of aromatic carboxylic acids is 1. The van der Waals surface area contributed by atoms with Crippen LogP contribution in [0, 0.1) is 5.92 Å². The van der Waals surface area contributed by atoms with Crippen LogP contribution in [0.1, 0.15) is 55.2 Å². The molecule has 1 aromatic heterocycles. The number of carboxylic acids is 1. The largest absolute Gasteiger partial charge is 0.497 e. The molecular weight excluding hydrogens is 450 g/mol. The highest BCUT2D eigenvalue weighted by Gasteiger charge is 2.28. The van der Waals surface area contributed by atoms with Crippen LogP contribution in [0.5, 0.6) is 11.5 Å². The molecule has 0 unspecified atom stereocenters. The van der Waals surface area contributed by atoms with Crippen molar-refractivity contribution in [1.29, 1.82) is 0 Å². The van der Waals surface area contributed by atoms with Crippen LogP contribution in [0.25, 0.3) is 22.0 Å². The van der Waals surface area contributed by atoms with Crippen molar-refractivity contribution in [2.75, 3.05) is 13.7 Å². The molecule has 5 rings (SSSR count). The molecule has 0 aliphatic heterocycles. The van der Waals surface area contributed by atoms with E-state index in [1.807, 2.05) is 59.2 Å². The lowest BCUT2D eigenvalue weighted by atomic mass is 9.86. The number of rotatable bonds is 8. The first-order valence-corrected chi connectivity index (χ1v) is 12.5. The van der Waals surface area contributed by atoms with Gasteiger partial charge in [-0.2, -0.15) is 0 Å². The number of fused-ring (bicyclic) bond motifs is 1. The van der Waals surface area contributed by atoms with E-state index in [4.69, 9.17) is 9.47 Å². The first-order chi connectivity index (χ1) is 17.3. The molecule has 1 saturated carbocycles. The highest BCUT2D eigenvalue weighted by atomic mass is 16.5. The number of aromatic nitrogens is 1. The van der Waals surface area contributed by atoms with Crippen LogP contribution >= 0.6 is 0 Å². The predicted octanol–water partition coefficient (Wildman–Crippen LogP) is 7.15. The van der Waals surface area contributed by atoms with Crippen LogP contribution < -0.4 is 9.47 Å². The third kappa shape index (κ3) is 4.70. The summed E-state index contributed by atoms with van der Waals surface area (Å²) in [6, 6.07) is 21.9. The Balaban J connectivity index is 1.73. The van der Waals surface area contributed by atoms with Gasteiger partial charge in [-0.1, -0.05) is 63.2 Å². The van der Waals surface area contributed by atoms with Crippen LogP contribution in [0.2, 0.25) is 0 Å². The number of ether oxygens (including phenoxy) is 2. The summed E-state index contributed by atoms with van der Waals surface area (Å²) in [5.41, 5.74) is 4.86. The molecule has 36 heavy (non-hydrogen) atoms. The lowest BCUT2D eigenvalue weighted by Crippen LogP contribution is -2.11. The predicted molar refractivity (Wildman–Crippen MR) is 143 cm³/mol. The quantitative estimate of drug-likeness (QED) is 0.289. The maximum absolute atomic E-state index is 12.8. The molecular formula is C31H33NO4. The topological polar surface area (TPSA) is 60.7 Å². The second-order valence-corrected chi connectivity index (χ2v) is 10.7. The van der Waals surface area contributed by atoms with Gasteiger partial charge in [0.25, 0.3) is 0 Å². The van der Waals surface area contributed by atoms with E-state index < -0.39 is 5.97 Å². The number of benzene rings is 3. The number of methoxy groups -OCH3 is 1. The fraction of sp³-hybridized carbons (Fsp3) is 0.323. The zero-order valence-electron chi connectivity index (χ0n) is 21.4. The van der Waals surface area contributed by atoms with E-state index in [2.05, 4.69) is 32.9 Å². The summed E-state index contributed by atoms with van der Waals surface area (Å²) in [4.78, 5) is 12.8. The fourth-order valence-corrected chi connectivity index (χ4v) is 4.74. The van der Waals surface area contributed by atoms with Crippen LogP contribution in [0.4, 0.5) is 0 Å². The highest BCUT2D eigenvalue weighted by molar-refractivity contribution is 6.10. The first kappa shape index (κ1) is 24.0.